The van der Waals surface area contributed by atoms with Gasteiger partial charge in [0.05, 0.1) is 19.2 Å². The maximum absolute atomic E-state index is 6.22. The SMILES string of the molecule is COc1cc(CC(C)N)c(OC)c(Cl)c1C. The first-order chi connectivity index (χ1) is 7.51. The molecule has 0 aliphatic carbocycles. The highest BCUT2D eigenvalue weighted by molar-refractivity contribution is 6.33. The molecule has 1 atom stereocenters. The van der Waals surface area contributed by atoms with Gasteiger partial charge in [0.1, 0.15) is 11.5 Å². The van der Waals surface area contributed by atoms with E-state index in [2.05, 4.69) is 0 Å². The molecule has 0 aliphatic rings. The van der Waals surface area contributed by atoms with E-state index in [0.29, 0.717) is 17.2 Å². The van der Waals surface area contributed by atoms with Gasteiger partial charge in [0.15, 0.2) is 0 Å². The number of rotatable bonds is 4. The molecule has 0 heterocycles. The molecular formula is C12H18ClNO2. The third-order valence-electron chi connectivity index (χ3n) is 2.46. The zero-order valence-corrected chi connectivity index (χ0v) is 10.9. The number of benzene rings is 1. The lowest BCUT2D eigenvalue weighted by Gasteiger charge is -2.16. The van der Waals surface area contributed by atoms with Crippen LogP contribution in [0.25, 0.3) is 0 Å². The Morgan fingerprint density at radius 3 is 2.44 bits per heavy atom. The van der Waals surface area contributed by atoms with Gasteiger partial charge in [-0.3, -0.25) is 0 Å². The second-order valence-corrected chi connectivity index (χ2v) is 4.27. The van der Waals surface area contributed by atoms with Gasteiger partial charge in [0, 0.05) is 17.2 Å². The van der Waals surface area contributed by atoms with Crippen molar-refractivity contribution >= 4 is 11.6 Å². The van der Waals surface area contributed by atoms with Crippen LogP contribution < -0.4 is 15.2 Å². The summed E-state index contributed by atoms with van der Waals surface area (Å²) in [5.74, 6) is 1.46. The van der Waals surface area contributed by atoms with Crippen LogP contribution in [0.15, 0.2) is 6.07 Å². The molecule has 0 radical (unpaired) electrons. The number of halogens is 1. The molecule has 1 unspecified atom stereocenters. The largest absolute Gasteiger partial charge is 0.496 e. The molecule has 0 bridgehead atoms. The van der Waals surface area contributed by atoms with Crippen LogP contribution in [0.5, 0.6) is 11.5 Å². The van der Waals surface area contributed by atoms with Crippen molar-refractivity contribution in [3.63, 3.8) is 0 Å². The van der Waals surface area contributed by atoms with Crippen molar-refractivity contribution in [1.29, 1.82) is 0 Å². The third kappa shape index (κ3) is 2.60. The van der Waals surface area contributed by atoms with Crippen LogP contribution >= 0.6 is 11.6 Å². The molecule has 0 aromatic heterocycles. The van der Waals surface area contributed by atoms with Gasteiger partial charge in [0.25, 0.3) is 0 Å². The van der Waals surface area contributed by atoms with Gasteiger partial charge in [-0.1, -0.05) is 11.6 Å². The van der Waals surface area contributed by atoms with Crippen molar-refractivity contribution in [3.05, 3.63) is 22.2 Å². The lowest BCUT2D eigenvalue weighted by molar-refractivity contribution is 0.395. The number of hydrogen-bond acceptors (Lipinski definition) is 3. The molecule has 0 aliphatic heterocycles. The molecule has 0 fully saturated rings. The molecule has 1 aromatic carbocycles. The molecule has 0 saturated carbocycles. The van der Waals surface area contributed by atoms with Crippen LogP contribution in [0.1, 0.15) is 18.1 Å². The predicted octanol–water partition coefficient (Wildman–Crippen LogP) is 2.56. The summed E-state index contributed by atoms with van der Waals surface area (Å²) in [5, 5.41) is 0.595. The molecule has 2 N–H and O–H groups in total. The highest BCUT2D eigenvalue weighted by atomic mass is 35.5. The Morgan fingerprint density at radius 1 is 1.38 bits per heavy atom. The first-order valence-corrected chi connectivity index (χ1v) is 5.54. The van der Waals surface area contributed by atoms with Crippen molar-refractivity contribution in [2.45, 2.75) is 26.3 Å². The van der Waals surface area contributed by atoms with Gasteiger partial charge < -0.3 is 15.2 Å². The Hall–Kier alpha value is -0.930. The first-order valence-electron chi connectivity index (χ1n) is 5.16. The minimum absolute atomic E-state index is 0.0531. The van der Waals surface area contributed by atoms with E-state index in [1.807, 2.05) is 19.9 Å². The number of hydrogen-bond donors (Lipinski definition) is 1. The molecule has 3 nitrogen and oxygen atoms in total. The quantitative estimate of drug-likeness (QED) is 0.884. The summed E-state index contributed by atoms with van der Waals surface area (Å²) in [6, 6.07) is 1.99. The van der Waals surface area contributed by atoms with Crippen molar-refractivity contribution in [3.8, 4) is 11.5 Å². The van der Waals surface area contributed by atoms with Gasteiger partial charge in [-0.2, -0.15) is 0 Å². The van der Waals surface area contributed by atoms with E-state index in [1.165, 1.54) is 0 Å². The van der Waals surface area contributed by atoms with Crippen molar-refractivity contribution in [2.75, 3.05) is 14.2 Å². The summed E-state index contributed by atoms with van der Waals surface area (Å²) in [4.78, 5) is 0. The van der Waals surface area contributed by atoms with Crippen LogP contribution in [0.3, 0.4) is 0 Å². The minimum atomic E-state index is 0.0531. The predicted molar refractivity (Wildman–Crippen MR) is 66.6 cm³/mol. The van der Waals surface area contributed by atoms with Crippen LogP contribution in [0, 0.1) is 6.92 Å². The average molecular weight is 244 g/mol. The summed E-state index contributed by atoms with van der Waals surface area (Å²) < 4.78 is 10.6. The Balaban J connectivity index is 3.29. The summed E-state index contributed by atoms with van der Waals surface area (Å²) in [5.41, 5.74) is 7.65. The van der Waals surface area contributed by atoms with E-state index in [1.54, 1.807) is 14.2 Å². The molecular weight excluding hydrogens is 226 g/mol. The molecule has 16 heavy (non-hydrogen) atoms. The van der Waals surface area contributed by atoms with E-state index in [0.717, 1.165) is 16.9 Å². The average Bonchev–Trinajstić information content (AvgIpc) is 2.23. The third-order valence-corrected chi connectivity index (χ3v) is 2.92. The molecule has 0 saturated heterocycles. The zero-order valence-electron chi connectivity index (χ0n) is 10.1. The van der Waals surface area contributed by atoms with E-state index in [4.69, 9.17) is 26.8 Å². The fourth-order valence-corrected chi connectivity index (χ4v) is 1.97. The molecule has 90 valence electrons. The van der Waals surface area contributed by atoms with Gasteiger partial charge in [-0.15, -0.1) is 0 Å². The summed E-state index contributed by atoms with van der Waals surface area (Å²) in [7, 11) is 3.23. The fraction of sp³-hybridized carbons (Fsp3) is 0.500. The standard InChI is InChI=1S/C12H18ClNO2/c1-7(14)5-9-6-10(15-3)8(2)11(13)12(9)16-4/h6-7H,5,14H2,1-4H3. The van der Waals surface area contributed by atoms with Gasteiger partial charge >= 0.3 is 0 Å². The zero-order chi connectivity index (χ0) is 12.3. The van der Waals surface area contributed by atoms with Gasteiger partial charge in [-0.05, 0) is 26.3 Å². The van der Waals surface area contributed by atoms with Crippen LogP contribution in [-0.2, 0) is 6.42 Å². The summed E-state index contributed by atoms with van der Waals surface area (Å²) >= 11 is 6.22. The normalized spacial score (nSPS) is 12.4. The Kier molecular flexibility index (Phi) is 4.44. The summed E-state index contributed by atoms with van der Waals surface area (Å²) in [6.45, 7) is 3.85. The second-order valence-electron chi connectivity index (χ2n) is 3.89. The maximum atomic E-state index is 6.22. The summed E-state index contributed by atoms with van der Waals surface area (Å²) in [6.07, 6.45) is 0.708. The van der Waals surface area contributed by atoms with Gasteiger partial charge in [-0.25, -0.2) is 0 Å². The smallest absolute Gasteiger partial charge is 0.141 e. The Morgan fingerprint density at radius 2 is 2.00 bits per heavy atom. The van der Waals surface area contributed by atoms with Gasteiger partial charge in [0.2, 0.25) is 0 Å². The van der Waals surface area contributed by atoms with Crippen LogP contribution in [0.4, 0.5) is 0 Å². The molecule has 0 spiro atoms. The van der Waals surface area contributed by atoms with E-state index >= 15 is 0 Å². The number of methoxy groups -OCH3 is 2. The van der Waals surface area contributed by atoms with E-state index in [-0.39, 0.29) is 6.04 Å². The van der Waals surface area contributed by atoms with E-state index in [9.17, 15) is 0 Å². The molecule has 1 rings (SSSR count). The highest BCUT2D eigenvalue weighted by Crippen LogP contribution is 2.38. The second kappa shape index (κ2) is 5.41. The monoisotopic (exact) mass is 243 g/mol. The van der Waals surface area contributed by atoms with E-state index < -0.39 is 0 Å². The Labute approximate surface area is 101 Å². The molecule has 0 amide bonds. The van der Waals surface area contributed by atoms with Crippen LogP contribution in [0.2, 0.25) is 5.02 Å². The lowest BCUT2D eigenvalue weighted by atomic mass is 10.0. The van der Waals surface area contributed by atoms with Crippen molar-refractivity contribution in [2.24, 2.45) is 5.73 Å². The van der Waals surface area contributed by atoms with Crippen molar-refractivity contribution in [1.82, 2.24) is 0 Å². The van der Waals surface area contributed by atoms with Crippen molar-refractivity contribution < 1.29 is 9.47 Å². The maximum Gasteiger partial charge on any atom is 0.141 e. The number of nitrogens with two attached hydrogens (primary N) is 1. The highest BCUT2D eigenvalue weighted by Gasteiger charge is 2.16. The topological polar surface area (TPSA) is 44.5 Å². The Bertz CT molecular complexity index is 378. The minimum Gasteiger partial charge on any atom is -0.496 e. The molecule has 4 heteroatoms. The number of ether oxygens (including phenoxy) is 2. The lowest BCUT2D eigenvalue weighted by Crippen LogP contribution is -2.18. The molecule has 1 aromatic rings. The van der Waals surface area contributed by atoms with Crippen LogP contribution in [-0.4, -0.2) is 20.3 Å². The fourth-order valence-electron chi connectivity index (χ4n) is 1.68. The first kappa shape index (κ1) is 13.1.